The van der Waals surface area contributed by atoms with E-state index in [1.807, 2.05) is 0 Å². The fraction of sp³-hybridized carbons (Fsp3) is 0. The van der Waals surface area contributed by atoms with Crippen LogP contribution in [0.5, 0.6) is 0 Å². The third-order valence-electron chi connectivity index (χ3n) is 0.234. The third kappa shape index (κ3) is 8.92. The molecule has 0 aliphatic carbocycles. The Morgan fingerprint density at radius 1 is 1.22 bits per heavy atom. The fourth-order valence-electron chi connectivity index (χ4n) is 0.166. The Kier molecular flexibility index (Phi) is 3.19. The molecule has 0 fully saturated rings. The molecule has 0 spiro atoms. The summed E-state index contributed by atoms with van der Waals surface area (Å²) in [6, 6.07) is 0. The average Bonchev–Trinajstić information content (AvgIpc) is 1.14. The second kappa shape index (κ2) is 2.89. The fourth-order valence-corrected chi connectivity index (χ4v) is 4.34. The van der Waals surface area contributed by atoms with Gasteiger partial charge in [-0.2, -0.15) is 0 Å². The molecule has 0 aliphatic heterocycles. The first-order chi connectivity index (χ1) is 3.71. The molecule has 1 atom stereocenters. The summed E-state index contributed by atoms with van der Waals surface area (Å²) in [5.74, 6) is -3.93. The van der Waals surface area contributed by atoms with Crippen molar-refractivity contribution >= 4 is 13.8 Å². The molecule has 1 unspecified atom stereocenters. The first-order valence-electron chi connectivity index (χ1n) is 1.65. The van der Waals surface area contributed by atoms with Gasteiger partial charge < -0.3 is 0 Å². The van der Waals surface area contributed by atoms with Crippen molar-refractivity contribution in [1.29, 1.82) is 0 Å². The quantitative estimate of drug-likeness (QED) is 0.443. The van der Waals surface area contributed by atoms with Gasteiger partial charge in [-0.05, 0) is 0 Å². The van der Waals surface area contributed by atoms with Gasteiger partial charge in [0.25, 0.3) is 0 Å². The Balaban J connectivity index is 4.07. The zero-order chi connectivity index (χ0) is 7.71. The summed E-state index contributed by atoms with van der Waals surface area (Å²) in [6.07, 6.45) is 0. The summed E-state index contributed by atoms with van der Waals surface area (Å²) in [6.45, 7) is 0. The SMILES string of the molecule is O=P(O)(O)O[P](=O)(O)[Zn]. The van der Waals surface area contributed by atoms with E-state index in [9.17, 15) is 9.13 Å². The van der Waals surface area contributed by atoms with Crippen molar-refractivity contribution in [3.8, 4) is 0 Å². The number of phosphoric acid groups is 1. The van der Waals surface area contributed by atoms with Crippen LogP contribution in [-0.2, 0) is 31.3 Å². The number of hydrogen-bond donors (Lipinski definition) is 3. The van der Waals surface area contributed by atoms with Crippen molar-refractivity contribution in [3.05, 3.63) is 0 Å². The van der Waals surface area contributed by atoms with Gasteiger partial charge in [-0.25, -0.2) is 0 Å². The molecular formula is H3O6P2Zn. The van der Waals surface area contributed by atoms with Crippen LogP contribution in [0.3, 0.4) is 0 Å². The van der Waals surface area contributed by atoms with E-state index in [-0.39, 0.29) is 17.8 Å². The van der Waals surface area contributed by atoms with E-state index in [4.69, 9.17) is 14.7 Å². The molecule has 3 N–H and O–H groups in total. The van der Waals surface area contributed by atoms with Crippen LogP contribution in [0.1, 0.15) is 0 Å². The van der Waals surface area contributed by atoms with Gasteiger partial charge in [0.05, 0.1) is 0 Å². The standard InChI is InChI=1S/H2O6P2.Zn/c1-7(2)6-8(3,4)5;/h(H2-,1,2,3,4,5);/q;-1/p+1. The average molecular weight is 226 g/mol. The van der Waals surface area contributed by atoms with Crippen molar-refractivity contribution in [2.24, 2.45) is 0 Å². The Bertz CT molecular complexity index is 151. The first kappa shape index (κ1) is 9.92. The molecule has 0 radical (unpaired) electrons. The molecule has 0 rings (SSSR count). The maximum absolute atomic E-state index is 10.1. The van der Waals surface area contributed by atoms with Gasteiger partial charge in [-0.3, -0.25) is 0 Å². The molecular weight excluding hydrogens is 223 g/mol. The molecule has 0 aromatic heterocycles. The number of hydrogen-bond acceptors (Lipinski definition) is 3. The van der Waals surface area contributed by atoms with E-state index in [0.29, 0.717) is 0 Å². The van der Waals surface area contributed by atoms with Crippen LogP contribution >= 0.6 is 13.8 Å². The molecule has 0 saturated heterocycles. The molecule has 0 saturated carbocycles. The monoisotopic (exact) mass is 225 g/mol. The van der Waals surface area contributed by atoms with Crippen molar-refractivity contribution in [2.75, 3.05) is 0 Å². The molecule has 9 heavy (non-hydrogen) atoms. The Hall–Kier alpha value is 0.923. The molecule has 0 aromatic carbocycles. The van der Waals surface area contributed by atoms with Gasteiger partial charge in [-0.1, -0.05) is 0 Å². The van der Waals surface area contributed by atoms with E-state index >= 15 is 0 Å². The van der Waals surface area contributed by atoms with E-state index in [1.54, 1.807) is 0 Å². The molecule has 51 valence electrons. The predicted octanol–water partition coefficient (Wildman–Crippen LogP) is -0.257. The zero-order valence-electron chi connectivity index (χ0n) is 4.17. The summed E-state index contributed by atoms with van der Waals surface area (Å²) < 4.78 is 23.4. The van der Waals surface area contributed by atoms with E-state index in [1.165, 1.54) is 0 Å². The van der Waals surface area contributed by atoms with Gasteiger partial charge in [0.2, 0.25) is 0 Å². The zero-order valence-corrected chi connectivity index (χ0v) is 8.92. The van der Waals surface area contributed by atoms with Crippen molar-refractivity contribution in [1.82, 2.24) is 0 Å². The normalized spacial score (nSPS) is 19.2. The first-order valence-corrected chi connectivity index (χ1v) is 8.92. The summed E-state index contributed by atoms with van der Waals surface area (Å²) >= 11 is -0.196. The minimum atomic E-state index is -4.77. The Labute approximate surface area is 60.2 Å². The van der Waals surface area contributed by atoms with Crippen LogP contribution in [0.15, 0.2) is 0 Å². The summed E-state index contributed by atoms with van der Waals surface area (Å²) in [7, 11) is -4.77. The number of rotatable bonds is 2. The van der Waals surface area contributed by atoms with E-state index < -0.39 is 13.8 Å². The second-order valence-corrected chi connectivity index (χ2v) is 9.15. The Morgan fingerprint density at radius 3 is 1.56 bits per heavy atom. The van der Waals surface area contributed by atoms with Gasteiger partial charge >= 0.3 is 59.7 Å². The predicted molar refractivity (Wildman–Crippen MR) is 23.0 cm³/mol. The van der Waals surface area contributed by atoms with Crippen LogP contribution in [0, 0.1) is 0 Å². The van der Waals surface area contributed by atoms with Crippen LogP contribution in [-0.4, -0.2) is 14.7 Å². The molecule has 0 bridgehead atoms. The maximum atomic E-state index is 10.1. The van der Waals surface area contributed by atoms with E-state index in [2.05, 4.69) is 4.31 Å². The summed E-state index contributed by atoms with van der Waals surface area (Å²) in [4.78, 5) is 24.1. The summed E-state index contributed by atoms with van der Waals surface area (Å²) in [5.41, 5.74) is 0. The minimum absolute atomic E-state index is 0.196. The molecule has 0 heterocycles. The Morgan fingerprint density at radius 2 is 1.56 bits per heavy atom. The molecule has 0 aromatic rings. The molecule has 0 amide bonds. The summed E-state index contributed by atoms with van der Waals surface area (Å²) in [5, 5.41) is 0. The van der Waals surface area contributed by atoms with Crippen molar-refractivity contribution in [2.45, 2.75) is 0 Å². The van der Waals surface area contributed by atoms with Crippen LogP contribution in [0.4, 0.5) is 0 Å². The third-order valence-corrected chi connectivity index (χ3v) is 4.29. The molecule has 9 heteroatoms. The van der Waals surface area contributed by atoms with Crippen LogP contribution in [0.25, 0.3) is 0 Å². The van der Waals surface area contributed by atoms with Gasteiger partial charge in [0.15, 0.2) is 0 Å². The van der Waals surface area contributed by atoms with Crippen molar-refractivity contribution in [3.63, 3.8) is 0 Å². The molecule has 0 aliphatic rings. The van der Waals surface area contributed by atoms with E-state index in [0.717, 1.165) is 0 Å². The van der Waals surface area contributed by atoms with Crippen LogP contribution < -0.4 is 0 Å². The van der Waals surface area contributed by atoms with Crippen LogP contribution in [0.2, 0.25) is 0 Å². The van der Waals surface area contributed by atoms with Crippen molar-refractivity contribution < 1.29 is 45.9 Å². The van der Waals surface area contributed by atoms with Gasteiger partial charge in [-0.15, -0.1) is 0 Å². The second-order valence-electron chi connectivity index (χ2n) is 1.21. The van der Waals surface area contributed by atoms with Gasteiger partial charge in [0.1, 0.15) is 0 Å². The topological polar surface area (TPSA) is 104 Å². The molecule has 6 nitrogen and oxygen atoms in total. The van der Waals surface area contributed by atoms with Gasteiger partial charge in [0, 0.05) is 0 Å².